The Balaban J connectivity index is 1.32. The molecule has 1 saturated heterocycles. The third-order valence-electron chi connectivity index (χ3n) is 7.43. The normalized spacial score (nSPS) is 16.0. The van der Waals surface area contributed by atoms with Crippen LogP contribution in [0.3, 0.4) is 0 Å². The molecule has 2 heterocycles. The van der Waals surface area contributed by atoms with Crippen LogP contribution in [0.5, 0.6) is 23.0 Å². The largest absolute Gasteiger partial charge is 0.507 e. The summed E-state index contributed by atoms with van der Waals surface area (Å²) in [4.78, 5) is 4.81. The van der Waals surface area contributed by atoms with E-state index in [1.807, 2.05) is 61.3 Å². The van der Waals surface area contributed by atoms with E-state index < -0.39 is 0 Å². The highest BCUT2D eigenvalue weighted by molar-refractivity contribution is 8.00. The molecule has 2 N–H and O–H groups in total. The number of aryl methyl sites for hydroxylation is 1. The maximum absolute atomic E-state index is 11.1. The fourth-order valence-corrected chi connectivity index (χ4v) is 6.10. The summed E-state index contributed by atoms with van der Waals surface area (Å²) in [6.45, 7) is 14.1. The molecule has 7 heteroatoms. The highest BCUT2D eigenvalue weighted by Gasteiger charge is 2.27. The molecule has 0 spiro atoms. The summed E-state index contributed by atoms with van der Waals surface area (Å²) in [5.41, 5.74) is 4.50. The van der Waals surface area contributed by atoms with Gasteiger partial charge in [-0.1, -0.05) is 53.7 Å². The van der Waals surface area contributed by atoms with Crippen LogP contribution in [-0.4, -0.2) is 32.3 Å². The molecule has 0 aliphatic carbocycles. The van der Waals surface area contributed by atoms with E-state index in [1.54, 1.807) is 0 Å². The number of hydrogen-bond acceptors (Lipinski definition) is 6. The molecule has 1 aliphatic heterocycles. The monoisotopic (exact) mass is 559 g/mol. The first-order chi connectivity index (χ1) is 18.9. The van der Waals surface area contributed by atoms with Crippen molar-refractivity contribution < 1.29 is 14.6 Å². The third-order valence-corrected chi connectivity index (χ3v) is 8.60. The zero-order valence-corrected chi connectivity index (χ0v) is 25.5. The van der Waals surface area contributed by atoms with Gasteiger partial charge in [0.05, 0.1) is 11.0 Å². The van der Waals surface area contributed by atoms with Gasteiger partial charge in [-0.2, -0.15) is 0 Å². The molecule has 1 aliphatic rings. The Morgan fingerprint density at radius 2 is 1.57 bits per heavy atom. The molecule has 0 amide bonds. The van der Waals surface area contributed by atoms with Gasteiger partial charge < -0.3 is 24.5 Å². The van der Waals surface area contributed by atoms with Crippen LogP contribution in [-0.2, 0) is 30.9 Å². The second-order valence-electron chi connectivity index (χ2n) is 12.7. The highest BCUT2D eigenvalue weighted by Crippen LogP contribution is 2.42. The van der Waals surface area contributed by atoms with E-state index in [1.165, 1.54) is 5.56 Å². The number of aromatic hydroxyl groups is 1. The molecule has 40 heavy (non-hydrogen) atoms. The van der Waals surface area contributed by atoms with Crippen molar-refractivity contribution in [3.05, 3.63) is 77.1 Å². The Hall–Kier alpha value is -3.16. The molecule has 0 saturated carbocycles. The van der Waals surface area contributed by atoms with Crippen molar-refractivity contribution in [3.8, 4) is 23.0 Å². The molecule has 3 aromatic carbocycles. The first-order valence-electron chi connectivity index (χ1n) is 13.9. The number of rotatable bonds is 7. The maximum Gasteiger partial charge on any atom is 0.147 e. The van der Waals surface area contributed by atoms with Crippen molar-refractivity contribution in [1.29, 1.82) is 0 Å². The zero-order chi connectivity index (χ0) is 28.7. The summed E-state index contributed by atoms with van der Waals surface area (Å²) in [5, 5.41) is 15.1. The molecule has 0 bridgehead atoms. The SMILES string of the molecule is Cn1c(COc2ccc(CC3CNCS3)cc2)nc2ccc(Oc3cc(C(C)(C)C)c(O)c(C(C)(C)C)c3)cc21. The number of nitrogens with zero attached hydrogens (tertiary/aromatic N) is 2. The second-order valence-corrected chi connectivity index (χ2v) is 14.0. The number of thioether (sulfide) groups is 1. The van der Waals surface area contributed by atoms with Crippen LogP contribution < -0.4 is 14.8 Å². The molecular weight excluding hydrogens is 518 g/mol. The summed E-state index contributed by atoms with van der Waals surface area (Å²) in [6, 6.07) is 18.2. The summed E-state index contributed by atoms with van der Waals surface area (Å²) >= 11 is 1.98. The Bertz CT molecular complexity index is 1460. The van der Waals surface area contributed by atoms with Crippen LogP contribution in [0.1, 0.15) is 64.1 Å². The lowest BCUT2D eigenvalue weighted by Gasteiger charge is -2.28. The lowest BCUT2D eigenvalue weighted by Crippen LogP contribution is -2.17. The molecule has 1 fully saturated rings. The molecule has 1 unspecified atom stereocenters. The summed E-state index contributed by atoms with van der Waals surface area (Å²) in [5.74, 6) is 4.51. The molecule has 5 rings (SSSR count). The van der Waals surface area contributed by atoms with Crippen molar-refractivity contribution in [2.24, 2.45) is 7.05 Å². The van der Waals surface area contributed by atoms with Gasteiger partial charge in [0.2, 0.25) is 0 Å². The van der Waals surface area contributed by atoms with Crippen LogP contribution in [0.2, 0.25) is 0 Å². The van der Waals surface area contributed by atoms with Crippen LogP contribution in [0.25, 0.3) is 11.0 Å². The van der Waals surface area contributed by atoms with Gasteiger partial charge in [-0.05, 0) is 59.2 Å². The molecule has 4 aromatic rings. The zero-order valence-electron chi connectivity index (χ0n) is 24.7. The minimum Gasteiger partial charge on any atom is -0.507 e. The van der Waals surface area contributed by atoms with Gasteiger partial charge in [0.1, 0.15) is 35.4 Å². The van der Waals surface area contributed by atoms with E-state index >= 15 is 0 Å². The number of benzene rings is 3. The highest BCUT2D eigenvalue weighted by atomic mass is 32.2. The van der Waals surface area contributed by atoms with Crippen LogP contribution in [0.4, 0.5) is 0 Å². The Morgan fingerprint density at radius 3 is 2.17 bits per heavy atom. The number of phenols is 1. The molecule has 6 nitrogen and oxygen atoms in total. The second kappa shape index (κ2) is 11.0. The average Bonchev–Trinajstić information content (AvgIpc) is 3.51. The predicted molar refractivity (Wildman–Crippen MR) is 165 cm³/mol. The van der Waals surface area contributed by atoms with E-state index in [0.717, 1.165) is 58.3 Å². The average molecular weight is 560 g/mol. The van der Waals surface area contributed by atoms with Gasteiger partial charge in [-0.3, -0.25) is 0 Å². The van der Waals surface area contributed by atoms with Crippen LogP contribution >= 0.6 is 11.8 Å². The number of nitrogens with one attached hydrogen (secondary N) is 1. The molecule has 1 atom stereocenters. The number of ether oxygens (including phenoxy) is 2. The molecule has 212 valence electrons. The molecular formula is C33H41N3O3S. The lowest BCUT2D eigenvalue weighted by molar-refractivity contribution is 0.292. The van der Waals surface area contributed by atoms with Crippen molar-refractivity contribution in [3.63, 3.8) is 0 Å². The summed E-state index contributed by atoms with van der Waals surface area (Å²) in [7, 11) is 2.00. The van der Waals surface area contributed by atoms with Gasteiger partial charge in [0.25, 0.3) is 0 Å². The maximum atomic E-state index is 11.1. The predicted octanol–water partition coefficient (Wildman–Crippen LogP) is 7.45. The fraction of sp³-hybridized carbons (Fsp3) is 0.424. The summed E-state index contributed by atoms with van der Waals surface area (Å²) < 4.78 is 14.5. The first kappa shape index (κ1) is 28.4. The van der Waals surface area contributed by atoms with E-state index in [-0.39, 0.29) is 10.8 Å². The van der Waals surface area contributed by atoms with Gasteiger partial charge in [-0.25, -0.2) is 4.98 Å². The number of aromatic nitrogens is 2. The van der Waals surface area contributed by atoms with Crippen molar-refractivity contribution in [1.82, 2.24) is 14.9 Å². The lowest BCUT2D eigenvalue weighted by atomic mass is 9.79. The Kier molecular flexibility index (Phi) is 7.81. The minimum absolute atomic E-state index is 0.225. The van der Waals surface area contributed by atoms with E-state index in [2.05, 4.69) is 63.6 Å². The van der Waals surface area contributed by atoms with Crippen LogP contribution in [0.15, 0.2) is 54.6 Å². The molecule has 0 radical (unpaired) electrons. The topological polar surface area (TPSA) is 68.5 Å². The molecule has 1 aromatic heterocycles. The first-order valence-corrected chi connectivity index (χ1v) is 15.0. The number of fused-ring (bicyclic) bond motifs is 1. The fourth-order valence-electron chi connectivity index (χ4n) is 5.08. The third kappa shape index (κ3) is 6.26. The number of imidazole rings is 1. The van der Waals surface area contributed by atoms with E-state index in [9.17, 15) is 5.11 Å². The minimum atomic E-state index is -0.225. The summed E-state index contributed by atoms with van der Waals surface area (Å²) in [6.07, 6.45) is 1.08. The Morgan fingerprint density at radius 1 is 0.925 bits per heavy atom. The number of phenolic OH excluding ortho intramolecular Hbond substituents is 1. The standard InChI is InChI=1S/C33H41N3O3S/c1-32(2,3)26-15-24(16-27(31(26)37)33(4,5)6)39-23-12-13-28-29(17-23)36(7)30(35-28)19-38-22-10-8-21(9-11-22)14-25-18-34-20-40-25/h8-13,15-17,25,34,37H,14,18-20H2,1-7H3. The van der Waals surface area contributed by atoms with Crippen molar-refractivity contribution >= 4 is 22.8 Å². The van der Waals surface area contributed by atoms with Crippen molar-refractivity contribution in [2.75, 3.05) is 12.4 Å². The number of hydrogen-bond donors (Lipinski definition) is 2. The van der Waals surface area contributed by atoms with Gasteiger partial charge >= 0.3 is 0 Å². The van der Waals surface area contributed by atoms with E-state index in [0.29, 0.717) is 23.4 Å². The van der Waals surface area contributed by atoms with Gasteiger partial charge in [0, 0.05) is 41.9 Å². The smallest absolute Gasteiger partial charge is 0.147 e. The van der Waals surface area contributed by atoms with Crippen molar-refractivity contribution in [2.45, 2.75) is 70.7 Å². The van der Waals surface area contributed by atoms with Crippen LogP contribution in [0, 0.1) is 0 Å². The van der Waals surface area contributed by atoms with E-state index in [4.69, 9.17) is 14.5 Å². The van der Waals surface area contributed by atoms with Gasteiger partial charge in [0.15, 0.2) is 0 Å². The quantitative estimate of drug-likeness (QED) is 0.245. The Labute approximate surface area is 242 Å². The van der Waals surface area contributed by atoms with Gasteiger partial charge in [-0.15, -0.1) is 11.8 Å².